The van der Waals surface area contributed by atoms with E-state index in [1.54, 1.807) is 13.2 Å². The largest absolute Gasteiger partial charge is 0.439 e. The summed E-state index contributed by atoms with van der Waals surface area (Å²) in [4.78, 5) is 11.2. The fourth-order valence-electron chi connectivity index (χ4n) is 3.69. The summed E-state index contributed by atoms with van der Waals surface area (Å²) in [6.45, 7) is 7.73. The van der Waals surface area contributed by atoms with Crippen LogP contribution in [0, 0.1) is 6.92 Å². The summed E-state index contributed by atoms with van der Waals surface area (Å²) in [5.41, 5.74) is 4.83. The number of morpholine rings is 1. The molecule has 2 heterocycles. The van der Waals surface area contributed by atoms with Crippen LogP contribution >= 0.6 is 0 Å². The summed E-state index contributed by atoms with van der Waals surface area (Å²) < 4.78 is 11.4. The molecule has 0 atom stereocenters. The number of aryl methyl sites for hydroxylation is 1. The maximum atomic E-state index is 5.90. The first-order chi connectivity index (χ1) is 15.7. The highest BCUT2D eigenvalue weighted by Gasteiger charge is 2.13. The van der Waals surface area contributed by atoms with Gasteiger partial charge in [0.25, 0.3) is 0 Å². The minimum absolute atomic E-state index is 0.459. The summed E-state index contributed by atoms with van der Waals surface area (Å²) in [6.07, 6.45) is 1.76. The van der Waals surface area contributed by atoms with Crippen molar-refractivity contribution >= 4 is 5.96 Å². The molecule has 1 aromatic heterocycles. The Kier molecular flexibility index (Phi) is 7.53. The van der Waals surface area contributed by atoms with Crippen LogP contribution in [0.25, 0.3) is 11.3 Å². The van der Waals surface area contributed by atoms with Crippen LogP contribution in [0.3, 0.4) is 0 Å². The third kappa shape index (κ3) is 5.96. The van der Waals surface area contributed by atoms with Gasteiger partial charge in [-0.25, -0.2) is 4.98 Å². The van der Waals surface area contributed by atoms with Crippen molar-refractivity contribution in [1.82, 2.24) is 20.5 Å². The van der Waals surface area contributed by atoms with E-state index in [9.17, 15) is 0 Å². The monoisotopic (exact) mass is 433 g/mol. The number of oxazole rings is 1. The minimum atomic E-state index is 0.459. The number of aliphatic imine (C=N–C) groups is 1. The lowest BCUT2D eigenvalue weighted by Crippen LogP contribution is -2.37. The Morgan fingerprint density at radius 1 is 1.00 bits per heavy atom. The van der Waals surface area contributed by atoms with Crippen LogP contribution in [-0.4, -0.2) is 49.2 Å². The molecule has 2 aromatic carbocycles. The van der Waals surface area contributed by atoms with E-state index in [-0.39, 0.29) is 0 Å². The second-order valence-corrected chi connectivity index (χ2v) is 7.92. The zero-order valence-corrected chi connectivity index (χ0v) is 18.8. The van der Waals surface area contributed by atoms with E-state index < -0.39 is 0 Å². The molecule has 168 valence electrons. The van der Waals surface area contributed by atoms with Crippen molar-refractivity contribution in [3.63, 3.8) is 0 Å². The van der Waals surface area contributed by atoms with Crippen LogP contribution in [0.4, 0.5) is 0 Å². The van der Waals surface area contributed by atoms with Crippen molar-refractivity contribution in [3.05, 3.63) is 77.3 Å². The molecule has 1 aliphatic heterocycles. The van der Waals surface area contributed by atoms with Gasteiger partial charge in [-0.2, -0.15) is 0 Å². The number of guanidine groups is 1. The summed E-state index contributed by atoms with van der Waals surface area (Å²) in [5, 5.41) is 6.69. The van der Waals surface area contributed by atoms with Crippen molar-refractivity contribution in [1.29, 1.82) is 0 Å². The normalized spacial score (nSPS) is 15.0. The SMILES string of the molecule is CN=C(NCc1ncc(-c2ccc(C)cc2)o1)NCc1ccccc1CN1CCOCC1. The molecule has 1 fully saturated rings. The van der Waals surface area contributed by atoms with E-state index in [0.29, 0.717) is 24.9 Å². The van der Waals surface area contributed by atoms with Crippen LogP contribution in [0.15, 0.2) is 64.1 Å². The highest BCUT2D eigenvalue weighted by molar-refractivity contribution is 5.79. The smallest absolute Gasteiger partial charge is 0.214 e. The first-order valence-electron chi connectivity index (χ1n) is 11.0. The molecular weight excluding hydrogens is 402 g/mol. The first-order valence-corrected chi connectivity index (χ1v) is 11.0. The predicted octanol–water partition coefficient (Wildman–Crippen LogP) is 3.35. The van der Waals surface area contributed by atoms with Gasteiger partial charge >= 0.3 is 0 Å². The van der Waals surface area contributed by atoms with E-state index in [4.69, 9.17) is 9.15 Å². The molecule has 0 aliphatic carbocycles. The van der Waals surface area contributed by atoms with Gasteiger partial charge in [0.15, 0.2) is 11.7 Å². The second kappa shape index (κ2) is 10.9. The number of aromatic nitrogens is 1. The third-order valence-corrected chi connectivity index (χ3v) is 5.58. The van der Waals surface area contributed by atoms with Gasteiger partial charge in [-0.05, 0) is 18.1 Å². The molecule has 32 heavy (non-hydrogen) atoms. The highest BCUT2D eigenvalue weighted by Crippen LogP contribution is 2.20. The topological polar surface area (TPSA) is 74.9 Å². The number of nitrogens with zero attached hydrogens (tertiary/aromatic N) is 3. The Hall–Kier alpha value is -3.16. The molecule has 1 saturated heterocycles. The predicted molar refractivity (Wildman–Crippen MR) is 126 cm³/mol. The molecule has 0 radical (unpaired) electrons. The number of hydrogen-bond donors (Lipinski definition) is 2. The maximum absolute atomic E-state index is 5.90. The quantitative estimate of drug-likeness (QED) is 0.440. The van der Waals surface area contributed by atoms with Crippen molar-refractivity contribution in [2.24, 2.45) is 4.99 Å². The van der Waals surface area contributed by atoms with Gasteiger partial charge in [-0.1, -0.05) is 54.1 Å². The van der Waals surface area contributed by atoms with E-state index in [1.807, 2.05) is 12.1 Å². The van der Waals surface area contributed by atoms with Crippen LogP contribution in [0.2, 0.25) is 0 Å². The Morgan fingerprint density at radius 3 is 2.47 bits per heavy atom. The van der Waals surface area contributed by atoms with Crippen LogP contribution in [0.1, 0.15) is 22.6 Å². The fraction of sp³-hybridized carbons (Fsp3) is 0.360. The van der Waals surface area contributed by atoms with E-state index >= 15 is 0 Å². The highest BCUT2D eigenvalue weighted by atomic mass is 16.5. The molecule has 0 spiro atoms. The first kappa shape index (κ1) is 22.0. The van der Waals surface area contributed by atoms with Crippen molar-refractivity contribution in [2.45, 2.75) is 26.6 Å². The molecule has 0 amide bonds. The van der Waals surface area contributed by atoms with Gasteiger partial charge in [0, 0.05) is 38.8 Å². The molecule has 0 saturated carbocycles. The standard InChI is InChI=1S/C25H31N5O2/c1-19-7-9-20(10-8-19)23-16-27-24(32-23)17-29-25(26-2)28-15-21-5-3-4-6-22(21)18-30-11-13-31-14-12-30/h3-10,16H,11-15,17-18H2,1-2H3,(H2,26,28,29). The Bertz CT molecular complexity index is 1020. The molecule has 3 aromatic rings. The van der Waals surface area contributed by atoms with Gasteiger partial charge in [0.1, 0.15) is 0 Å². The zero-order valence-electron chi connectivity index (χ0n) is 18.8. The number of ether oxygens (including phenoxy) is 1. The average Bonchev–Trinajstić information content (AvgIpc) is 3.30. The summed E-state index contributed by atoms with van der Waals surface area (Å²) >= 11 is 0. The molecule has 4 rings (SSSR count). The molecular formula is C25H31N5O2. The Balaban J connectivity index is 1.31. The number of benzene rings is 2. The third-order valence-electron chi connectivity index (χ3n) is 5.58. The maximum Gasteiger partial charge on any atom is 0.214 e. The van der Waals surface area contributed by atoms with Crippen LogP contribution in [0.5, 0.6) is 0 Å². The van der Waals surface area contributed by atoms with Gasteiger partial charge < -0.3 is 19.8 Å². The molecule has 7 heteroatoms. The summed E-state index contributed by atoms with van der Waals surface area (Å²) in [6, 6.07) is 16.8. The van der Waals surface area contributed by atoms with Gasteiger partial charge in [0.2, 0.25) is 5.89 Å². The number of rotatable bonds is 7. The van der Waals surface area contributed by atoms with E-state index in [2.05, 4.69) is 68.8 Å². The lowest BCUT2D eigenvalue weighted by atomic mass is 10.1. The molecule has 0 bridgehead atoms. The number of nitrogens with one attached hydrogen (secondary N) is 2. The lowest BCUT2D eigenvalue weighted by Gasteiger charge is -2.27. The average molecular weight is 434 g/mol. The summed E-state index contributed by atoms with van der Waals surface area (Å²) in [5.74, 6) is 2.10. The molecule has 7 nitrogen and oxygen atoms in total. The Labute approximate surface area is 189 Å². The Morgan fingerprint density at radius 2 is 1.72 bits per heavy atom. The van der Waals surface area contributed by atoms with E-state index in [0.717, 1.165) is 44.2 Å². The van der Waals surface area contributed by atoms with Crippen LogP contribution < -0.4 is 10.6 Å². The van der Waals surface area contributed by atoms with E-state index in [1.165, 1.54) is 16.7 Å². The molecule has 0 unspecified atom stereocenters. The van der Waals surface area contributed by atoms with Gasteiger partial charge in [-0.15, -0.1) is 0 Å². The van der Waals surface area contributed by atoms with Crippen molar-refractivity contribution in [3.8, 4) is 11.3 Å². The zero-order chi connectivity index (χ0) is 22.2. The fourth-order valence-corrected chi connectivity index (χ4v) is 3.69. The molecule has 2 N–H and O–H groups in total. The van der Waals surface area contributed by atoms with Gasteiger partial charge in [-0.3, -0.25) is 9.89 Å². The molecule has 1 aliphatic rings. The van der Waals surface area contributed by atoms with Crippen molar-refractivity contribution in [2.75, 3.05) is 33.4 Å². The summed E-state index contributed by atoms with van der Waals surface area (Å²) in [7, 11) is 1.77. The van der Waals surface area contributed by atoms with Crippen molar-refractivity contribution < 1.29 is 9.15 Å². The van der Waals surface area contributed by atoms with Gasteiger partial charge in [0.05, 0.1) is 26.0 Å². The second-order valence-electron chi connectivity index (χ2n) is 7.92. The number of hydrogen-bond acceptors (Lipinski definition) is 5. The van der Waals surface area contributed by atoms with Crippen LogP contribution in [-0.2, 0) is 24.4 Å². The minimum Gasteiger partial charge on any atom is -0.439 e. The lowest BCUT2D eigenvalue weighted by molar-refractivity contribution is 0.0341.